The second kappa shape index (κ2) is 6.30. The van der Waals surface area contributed by atoms with Gasteiger partial charge in [-0.15, -0.1) is 5.10 Å². The summed E-state index contributed by atoms with van der Waals surface area (Å²) in [5.74, 6) is 0.838. The lowest BCUT2D eigenvalue weighted by Crippen LogP contribution is -2.20. The number of hydrogen-bond acceptors (Lipinski definition) is 5. The second-order valence-electron chi connectivity index (χ2n) is 5.88. The van der Waals surface area contributed by atoms with Gasteiger partial charge in [-0.3, -0.25) is 5.10 Å². The molecule has 2 heterocycles. The number of hydrogen-bond donors (Lipinski definition) is 2. The molecule has 1 atom stereocenters. The van der Waals surface area contributed by atoms with E-state index in [9.17, 15) is 5.26 Å². The number of allylic oxidation sites excluding steroid dienone is 1. The maximum absolute atomic E-state index is 9.68. The summed E-state index contributed by atoms with van der Waals surface area (Å²) in [5, 5.41) is 17.0. The van der Waals surface area contributed by atoms with Crippen molar-refractivity contribution in [3.63, 3.8) is 0 Å². The van der Waals surface area contributed by atoms with Gasteiger partial charge in [-0.05, 0) is 17.7 Å². The summed E-state index contributed by atoms with van der Waals surface area (Å²) in [7, 11) is 1.62. The van der Waals surface area contributed by atoms with Crippen molar-refractivity contribution >= 4 is 0 Å². The highest BCUT2D eigenvalue weighted by molar-refractivity contribution is 5.71. The van der Waals surface area contributed by atoms with Gasteiger partial charge in [0.15, 0.2) is 0 Å². The lowest BCUT2D eigenvalue weighted by atomic mass is 9.83. The van der Waals surface area contributed by atoms with E-state index >= 15 is 0 Å². The fourth-order valence-corrected chi connectivity index (χ4v) is 3.22. The Balaban J connectivity index is 1.94. The molecule has 0 saturated heterocycles. The van der Waals surface area contributed by atoms with Crippen LogP contribution in [0.1, 0.15) is 17.0 Å². The summed E-state index contributed by atoms with van der Waals surface area (Å²) in [6, 6.07) is 19.6. The highest BCUT2D eigenvalue weighted by Crippen LogP contribution is 2.45. The lowest BCUT2D eigenvalue weighted by molar-refractivity contribution is 0.379. The Morgan fingerprint density at radius 1 is 1.19 bits per heavy atom. The second-order valence-corrected chi connectivity index (χ2v) is 5.88. The number of nitrogens with zero attached hydrogens (tertiary/aromatic N) is 2. The van der Waals surface area contributed by atoms with Gasteiger partial charge in [0.05, 0.1) is 24.3 Å². The zero-order valence-electron chi connectivity index (χ0n) is 14.1. The zero-order chi connectivity index (χ0) is 18.1. The quantitative estimate of drug-likeness (QED) is 0.760. The number of H-pyrrole nitrogens is 1. The van der Waals surface area contributed by atoms with Gasteiger partial charge in [-0.2, -0.15) is 5.26 Å². The van der Waals surface area contributed by atoms with Crippen LogP contribution in [0.2, 0.25) is 0 Å². The molecule has 6 nitrogen and oxygen atoms in total. The van der Waals surface area contributed by atoms with Gasteiger partial charge in [0.2, 0.25) is 11.8 Å². The number of aromatic nitrogens is 2. The average molecular weight is 344 g/mol. The standard InChI is InChI=1S/C20H16N4O2/c1-25-14-9-5-8-13(10-14)18-17-16(12-6-3-2-4-7-12)15(11-21)19(22)26-20(17)24-23-18/h2-10,16H,22H2,1H3,(H,23,24)/t16-/m0/s1. The number of fused-ring (bicyclic) bond motifs is 1. The molecule has 0 aliphatic carbocycles. The minimum atomic E-state index is -0.357. The Bertz CT molecular complexity index is 1030. The summed E-state index contributed by atoms with van der Waals surface area (Å²) in [6.45, 7) is 0. The van der Waals surface area contributed by atoms with Gasteiger partial charge in [0.25, 0.3) is 0 Å². The van der Waals surface area contributed by atoms with Crippen molar-refractivity contribution in [2.24, 2.45) is 5.73 Å². The van der Waals surface area contributed by atoms with E-state index in [-0.39, 0.29) is 11.8 Å². The molecule has 3 N–H and O–H groups in total. The van der Waals surface area contributed by atoms with Gasteiger partial charge in [0.1, 0.15) is 17.4 Å². The summed E-state index contributed by atoms with van der Waals surface area (Å²) < 4.78 is 10.9. The lowest BCUT2D eigenvalue weighted by Gasteiger charge is -2.24. The van der Waals surface area contributed by atoms with E-state index in [2.05, 4.69) is 16.3 Å². The smallest absolute Gasteiger partial charge is 0.244 e. The van der Waals surface area contributed by atoms with Gasteiger partial charge in [-0.1, -0.05) is 42.5 Å². The zero-order valence-corrected chi connectivity index (χ0v) is 14.1. The Morgan fingerprint density at radius 2 is 2.00 bits per heavy atom. The average Bonchev–Trinajstić information content (AvgIpc) is 3.10. The molecule has 26 heavy (non-hydrogen) atoms. The molecule has 0 bridgehead atoms. The predicted octanol–water partition coefficient (Wildman–Crippen LogP) is 3.30. The number of nitriles is 1. The van der Waals surface area contributed by atoms with E-state index in [1.165, 1.54) is 0 Å². The van der Waals surface area contributed by atoms with Crippen molar-refractivity contribution in [3.05, 3.63) is 77.2 Å². The molecule has 0 saturated carbocycles. The summed E-state index contributed by atoms with van der Waals surface area (Å²) >= 11 is 0. The van der Waals surface area contributed by atoms with Crippen LogP contribution in [-0.4, -0.2) is 17.3 Å². The number of ether oxygens (including phenoxy) is 2. The molecule has 0 spiro atoms. The fourth-order valence-electron chi connectivity index (χ4n) is 3.22. The Labute approximate surface area is 150 Å². The molecule has 0 fully saturated rings. The van der Waals surface area contributed by atoms with Crippen LogP contribution in [0, 0.1) is 11.3 Å². The minimum Gasteiger partial charge on any atom is -0.497 e. The van der Waals surface area contributed by atoms with Gasteiger partial charge in [0, 0.05) is 5.56 Å². The molecule has 128 valence electrons. The van der Waals surface area contributed by atoms with Crippen molar-refractivity contribution in [1.82, 2.24) is 10.2 Å². The SMILES string of the molecule is COc1cccc(-c2[nH]nc3c2[C@@H](c2ccccc2)C(C#N)=C(N)O3)c1. The summed E-state index contributed by atoms with van der Waals surface area (Å²) in [4.78, 5) is 0. The van der Waals surface area contributed by atoms with Crippen molar-refractivity contribution in [1.29, 1.82) is 5.26 Å². The van der Waals surface area contributed by atoms with Crippen LogP contribution in [0.5, 0.6) is 11.6 Å². The van der Waals surface area contributed by atoms with Crippen LogP contribution in [0.15, 0.2) is 66.1 Å². The normalized spacial score (nSPS) is 15.8. The van der Waals surface area contributed by atoms with E-state index in [0.29, 0.717) is 11.5 Å². The molecular formula is C20H16N4O2. The number of rotatable bonds is 3. The van der Waals surface area contributed by atoms with Gasteiger partial charge in [-0.25, -0.2) is 0 Å². The van der Waals surface area contributed by atoms with E-state index in [4.69, 9.17) is 15.2 Å². The van der Waals surface area contributed by atoms with E-state index in [0.717, 1.165) is 28.1 Å². The topological polar surface area (TPSA) is 97.0 Å². The van der Waals surface area contributed by atoms with Crippen LogP contribution >= 0.6 is 0 Å². The Morgan fingerprint density at radius 3 is 2.73 bits per heavy atom. The van der Waals surface area contributed by atoms with Crippen molar-refractivity contribution in [2.45, 2.75) is 5.92 Å². The molecule has 1 aromatic heterocycles. The van der Waals surface area contributed by atoms with Crippen molar-refractivity contribution < 1.29 is 9.47 Å². The Kier molecular flexibility index (Phi) is 3.82. The van der Waals surface area contributed by atoms with Crippen molar-refractivity contribution in [2.75, 3.05) is 7.11 Å². The Hall–Kier alpha value is -3.72. The van der Waals surface area contributed by atoms with E-state index in [1.54, 1.807) is 7.11 Å². The maximum Gasteiger partial charge on any atom is 0.244 e. The largest absolute Gasteiger partial charge is 0.497 e. The van der Waals surface area contributed by atoms with Crippen LogP contribution < -0.4 is 15.2 Å². The maximum atomic E-state index is 9.68. The van der Waals surface area contributed by atoms with Gasteiger partial charge >= 0.3 is 0 Å². The van der Waals surface area contributed by atoms with Crippen LogP contribution in [0.25, 0.3) is 11.3 Å². The minimum absolute atomic E-state index is 0.0811. The van der Waals surface area contributed by atoms with E-state index < -0.39 is 0 Å². The number of nitrogens with one attached hydrogen (secondary N) is 1. The third kappa shape index (κ3) is 2.47. The van der Waals surface area contributed by atoms with Crippen LogP contribution in [-0.2, 0) is 0 Å². The third-order valence-electron chi connectivity index (χ3n) is 4.43. The third-order valence-corrected chi connectivity index (χ3v) is 4.43. The molecule has 1 aliphatic rings. The van der Waals surface area contributed by atoms with Crippen LogP contribution in [0.3, 0.4) is 0 Å². The first-order chi connectivity index (χ1) is 12.7. The number of aromatic amines is 1. The van der Waals surface area contributed by atoms with Crippen molar-refractivity contribution in [3.8, 4) is 29.0 Å². The molecule has 1 aliphatic heterocycles. The molecule has 4 rings (SSSR count). The van der Waals surface area contributed by atoms with Gasteiger partial charge < -0.3 is 15.2 Å². The molecule has 0 unspecified atom stereocenters. The molecular weight excluding hydrogens is 328 g/mol. The van der Waals surface area contributed by atoms with Crippen LogP contribution in [0.4, 0.5) is 0 Å². The first-order valence-corrected chi connectivity index (χ1v) is 8.08. The molecule has 0 radical (unpaired) electrons. The molecule has 0 amide bonds. The first-order valence-electron chi connectivity index (χ1n) is 8.08. The highest BCUT2D eigenvalue weighted by Gasteiger charge is 2.35. The molecule has 2 aromatic carbocycles. The van der Waals surface area contributed by atoms with E-state index in [1.807, 2.05) is 54.6 Å². The predicted molar refractivity (Wildman–Crippen MR) is 96.3 cm³/mol. The summed E-state index contributed by atoms with van der Waals surface area (Å²) in [6.07, 6.45) is 0. The molecule has 6 heteroatoms. The number of benzene rings is 2. The summed E-state index contributed by atoms with van der Waals surface area (Å²) in [5.41, 5.74) is 9.75. The number of nitrogens with two attached hydrogens (primary N) is 1. The number of methoxy groups -OCH3 is 1. The fraction of sp³-hybridized carbons (Fsp3) is 0.100. The molecule has 3 aromatic rings. The first kappa shape index (κ1) is 15.8. The highest BCUT2D eigenvalue weighted by atomic mass is 16.5. The monoisotopic (exact) mass is 344 g/mol.